The lowest BCUT2D eigenvalue weighted by Crippen LogP contribution is -2.37. The van der Waals surface area contributed by atoms with E-state index in [9.17, 15) is 8.78 Å². The van der Waals surface area contributed by atoms with Gasteiger partial charge in [-0.1, -0.05) is 30.5 Å². The normalized spacial score (nSPS) is 15.1. The zero-order valence-corrected chi connectivity index (χ0v) is 17.0. The number of nitrogens with zero attached hydrogens (tertiary/aromatic N) is 3. The lowest BCUT2D eigenvalue weighted by Gasteiger charge is -2.13. The summed E-state index contributed by atoms with van der Waals surface area (Å²) in [6.45, 7) is 2.49. The lowest BCUT2D eigenvalue weighted by atomic mass is 10.1. The topological polar surface area (TPSA) is 63.5 Å². The van der Waals surface area contributed by atoms with Gasteiger partial charge >= 0.3 is 6.61 Å². The molecule has 2 aromatic rings. The van der Waals surface area contributed by atoms with E-state index in [0.717, 1.165) is 11.3 Å². The minimum Gasteiger partial charge on any atom is -0.434 e. The SMILES string of the molecule is CCNC(=NCc1cc(C)ccc1OC(F)F)NCc1ccn(C2CCCC2)n1. The van der Waals surface area contributed by atoms with Crippen LogP contribution in [0.1, 0.15) is 55.5 Å². The Bertz CT molecular complexity index is 815. The number of benzene rings is 1. The Morgan fingerprint density at radius 3 is 2.79 bits per heavy atom. The van der Waals surface area contributed by atoms with E-state index < -0.39 is 6.61 Å². The number of guanidine groups is 1. The van der Waals surface area contributed by atoms with Crippen LogP contribution in [-0.4, -0.2) is 28.9 Å². The van der Waals surface area contributed by atoms with Gasteiger partial charge in [-0.3, -0.25) is 4.68 Å². The Balaban J connectivity index is 1.63. The van der Waals surface area contributed by atoms with Gasteiger partial charge in [0.2, 0.25) is 0 Å². The smallest absolute Gasteiger partial charge is 0.387 e. The van der Waals surface area contributed by atoms with Gasteiger partial charge in [-0.15, -0.1) is 0 Å². The molecule has 0 unspecified atom stereocenters. The van der Waals surface area contributed by atoms with Crippen molar-refractivity contribution in [2.24, 2.45) is 4.99 Å². The first-order valence-electron chi connectivity index (χ1n) is 10.2. The summed E-state index contributed by atoms with van der Waals surface area (Å²) in [6.07, 6.45) is 6.96. The standard InChI is InChI=1S/C21H29F2N5O/c1-3-24-21(25-13-16-12-15(2)8-9-19(16)29-20(22)23)26-14-17-10-11-28(27-17)18-6-4-5-7-18/h8-12,18,20H,3-7,13-14H2,1-2H3,(H2,24,25,26). The van der Waals surface area contributed by atoms with E-state index >= 15 is 0 Å². The Kier molecular flexibility index (Phi) is 7.43. The summed E-state index contributed by atoms with van der Waals surface area (Å²) < 4.78 is 32.0. The van der Waals surface area contributed by atoms with Gasteiger partial charge in [0.05, 0.1) is 24.8 Å². The molecule has 0 spiro atoms. The predicted molar refractivity (Wildman–Crippen MR) is 109 cm³/mol. The molecular weight excluding hydrogens is 376 g/mol. The second-order valence-corrected chi connectivity index (χ2v) is 7.26. The van der Waals surface area contributed by atoms with Crippen LogP contribution in [0.25, 0.3) is 0 Å². The Hall–Kier alpha value is -2.64. The maximum Gasteiger partial charge on any atom is 0.387 e. The van der Waals surface area contributed by atoms with E-state index in [2.05, 4.69) is 30.1 Å². The summed E-state index contributed by atoms with van der Waals surface area (Å²) in [5, 5.41) is 11.1. The number of aliphatic imine (C=N–C) groups is 1. The molecular formula is C21H29F2N5O. The fraction of sp³-hybridized carbons (Fsp3) is 0.524. The molecule has 8 heteroatoms. The maximum absolute atomic E-state index is 12.7. The minimum atomic E-state index is -2.86. The van der Waals surface area contributed by atoms with E-state index in [-0.39, 0.29) is 12.3 Å². The third kappa shape index (κ3) is 6.17. The summed E-state index contributed by atoms with van der Waals surface area (Å²) >= 11 is 0. The van der Waals surface area contributed by atoms with Crippen molar-refractivity contribution in [2.45, 2.75) is 65.3 Å². The number of rotatable bonds is 8. The van der Waals surface area contributed by atoms with Gasteiger partial charge in [-0.25, -0.2) is 4.99 Å². The molecule has 6 nitrogen and oxygen atoms in total. The average Bonchev–Trinajstić information content (AvgIpc) is 3.37. The minimum absolute atomic E-state index is 0.153. The van der Waals surface area contributed by atoms with Crippen molar-refractivity contribution >= 4 is 5.96 Å². The van der Waals surface area contributed by atoms with Gasteiger partial charge in [0, 0.05) is 18.3 Å². The largest absolute Gasteiger partial charge is 0.434 e. The van der Waals surface area contributed by atoms with Crippen molar-refractivity contribution in [3.05, 3.63) is 47.3 Å². The molecule has 0 atom stereocenters. The fourth-order valence-corrected chi connectivity index (χ4v) is 3.57. The summed E-state index contributed by atoms with van der Waals surface area (Å²) in [5.41, 5.74) is 2.53. The van der Waals surface area contributed by atoms with Crippen molar-refractivity contribution in [2.75, 3.05) is 6.54 Å². The molecule has 0 aliphatic heterocycles. The quantitative estimate of drug-likeness (QED) is 0.511. The molecule has 1 aromatic carbocycles. The highest BCUT2D eigenvalue weighted by atomic mass is 19.3. The highest BCUT2D eigenvalue weighted by Gasteiger charge is 2.17. The second-order valence-electron chi connectivity index (χ2n) is 7.26. The van der Waals surface area contributed by atoms with Crippen molar-refractivity contribution in [3.8, 4) is 5.75 Å². The first-order chi connectivity index (χ1) is 14.0. The van der Waals surface area contributed by atoms with E-state index in [1.54, 1.807) is 12.1 Å². The molecule has 0 bridgehead atoms. The first-order valence-corrected chi connectivity index (χ1v) is 10.2. The van der Waals surface area contributed by atoms with E-state index in [0.29, 0.717) is 30.7 Å². The molecule has 1 heterocycles. The summed E-state index contributed by atoms with van der Waals surface area (Å²) in [5.74, 6) is 0.757. The van der Waals surface area contributed by atoms with Crippen molar-refractivity contribution in [1.29, 1.82) is 0 Å². The average molecular weight is 405 g/mol. The third-order valence-corrected chi connectivity index (χ3v) is 4.98. The number of nitrogens with one attached hydrogen (secondary N) is 2. The maximum atomic E-state index is 12.7. The van der Waals surface area contributed by atoms with Crippen LogP contribution in [0.3, 0.4) is 0 Å². The molecule has 1 aliphatic rings. The van der Waals surface area contributed by atoms with Crippen molar-refractivity contribution in [3.63, 3.8) is 0 Å². The first kappa shape index (κ1) is 21.1. The number of ether oxygens (including phenoxy) is 1. The predicted octanol–water partition coefficient (Wildman–Crippen LogP) is 4.16. The Morgan fingerprint density at radius 2 is 2.07 bits per heavy atom. The molecule has 1 fully saturated rings. The number of alkyl halides is 2. The van der Waals surface area contributed by atoms with Crippen molar-refractivity contribution in [1.82, 2.24) is 20.4 Å². The van der Waals surface area contributed by atoms with Gasteiger partial charge in [-0.2, -0.15) is 13.9 Å². The van der Waals surface area contributed by atoms with Crippen LogP contribution in [0.15, 0.2) is 35.5 Å². The summed E-state index contributed by atoms with van der Waals surface area (Å²) in [4.78, 5) is 4.53. The molecule has 29 heavy (non-hydrogen) atoms. The van der Waals surface area contributed by atoms with Crippen LogP contribution in [0.2, 0.25) is 0 Å². The molecule has 2 N–H and O–H groups in total. The lowest BCUT2D eigenvalue weighted by molar-refractivity contribution is -0.0504. The molecule has 0 radical (unpaired) electrons. The van der Waals surface area contributed by atoms with Crippen molar-refractivity contribution < 1.29 is 13.5 Å². The number of hydrogen-bond acceptors (Lipinski definition) is 3. The van der Waals surface area contributed by atoms with Crippen LogP contribution < -0.4 is 15.4 Å². The van der Waals surface area contributed by atoms with Crippen LogP contribution in [-0.2, 0) is 13.1 Å². The molecule has 3 rings (SSSR count). The van der Waals surface area contributed by atoms with E-state index in [1.807, 2.05) is 32.2 Å². The fourth-order valence-electron chi connectivity index (χ4n) is 3.57. The van der Waals surface area contributed by atoms with Gasteiger partial charge < -0.3 is 15.4 Å². The zero-order valence-electron chi connectivity index (χ0n) is 17.0. The highest BCUT2D eigenvalue weighted by molar-refractivity contribution is 5.79. The van der Waals surface area contributed by atoms with Gasteiger partial charge in [0.15, 0.2) is 5.96 Å². The van der Waals surface area contributed by atoms with Gasteiger partial charge in [0.1, 0.15) is 5.75 Å². The molecule has 1 aromatic heterocycles. The van der Waals surface area contributed by atoms with Crippen LogP contribution in [0.4, 0.5) is 8.78 Å². The number of aryl methyl sites for hydroxylation is 1. The molecule has 1 aliphatic carbocycles. The Labute approximate surface area is 170 Å². The summed E-state index contributed by atoms with van der Waals surface area (Å²) in [7, 11) is 0. The molecule has 0 saturated heterocycles. The number of hydrogen-bond donors (Lipinski definition) is 2. The van der Waals surface area contributed by atoms with E-state index in [1.165, 1.54) is 25.7 Å². The monoisotopic (exact) mass is 405 g/mol. The van der Waals surface area contributed by atoms with Crippen LogP contribution in [0.5, 0.6) is 5.75 Å². The molecule has 0 amide bonds. The third-order valence-electron chi connectivity index (χ3n) is 4.98. The van der Waals surface area contributed by atoms with Gasteiger partial charge in [-0.05, 0) is 38.8 Å². The van der Waals surface area contributed by atoms with Crippen LogP contribution in [0, 0.1) is 6.92 Å². The van der Waals surface area contributed by atoms with Crippen LogP contribution >= 0.6 is 0 Å². The van der Waals surface area contributed by atoms with E-state index in [4.69, 9.17) is 0 Å². The van der Waals surface area contributed by atoms with Gasteiger partial charge in [0.25, 0.3) is 0 Å². The summed E-state index contributed by atoms with van der Waals surface area (Å²) in [6, 6.07) is 7.65. The molecule has 1 saturated carbocycles. The Morgan fingerprint density at radius 1 is 1.28 bits per heavy atom. The number of aromatic nitrogens is 2. The second kappa shape index (κ2) is 10.2. The zero-order chi connectivity index (χ0) is 20.6. The number of halogens is 2. The molecule has 158 valence electrons. The highest BCUT2D eigenvalue weighted by Crippen LogP contribution is 2.28.